The van der Waals surface area contributed by atoms with Crippen LogP contribution in [0.3, 0.4) is 0 Å². The Morgan fingerprint density at radius 3 is 2.77 bits per heavy atom. The minimum atomic E-state index is -0.657. The number of hydrogen-bond acceptors (Lipinski definition) is 8. The Morgan fingerprint density at radius 1 is 1.27 bits per heavy atom. The van der Waals surface area contributed by atoms with Crippen molar-refractivity contribution >= 4 is 16.8 Å². The molecule has 0 saturated carbocycles. The number of amides is 1. The van der Waals surface area contributed by atoms with Crippen molar-refractivity contribution in [2.24, 2.45) is 18.5 Å². The molecule has 0 saturated heterocycles. The maximum absolute atomic E-state index is 11.8. The topological polar surface area (TPSA) is 164 Å². The average molecular weight is 410 g/mol. The molecule has 0 aliphatic rings. The van der Waals surface area contributed by atoms with Gasteiger partial charge in [0.15, 0.2) is 0 Å². The lowest BCUT2D eigenvalue weighted by molar-refractivity contribution is 0.0996. The Hall–Kier alpha value is -3.57. The van der Waals surface area contributed by atoms with Crippen LogP contribution in [0.5, 0.6) is 0 Å². The quantitative estimate of drug-likeness (QED) is 0.401. The number of nitrogens with two attached hydrogens (primary N) is 2. The Morgan fingerprint density at radius 2 is 2.07 bits per heavy atom. The first kappa shape index (κ1) is 19.7. The summed E-state index contributed by atoms with van der Waals surface area (Å²) in [4.78, 5) is 20.9. The van der Waals surface area contributed by atoms with Gasteiger partial charge in [0, 0.05) is 25.6 Å². The van der Waals surface area contributed by atoms with Crippen LogP contribution >= 0.6 is 0 Å². The van der Waals surface area contributed by atoms with Crippen LogP contribution in [-0.2, 0) is 20.1 Å². The van der Waals surface area contributed by atoms with Crippen molar-refractivity contribution in [3.05, 3.63) is 35.5 Å². The number of rotatable bonds is 7. The van der Waals surface area contributed by atoms with Crippen molar-refractivity contribution in [3.63, 3.8) is 0 Å². The van der Waals surface area contributed by atoms with E-state index in [0.717, 1.165) is 5.69 Å². The second kappa shape index (κ2) is 7.69. The van der Waals surface area contributed by atoms with Gasteiger partial charge in [-0.05, 0) is 25.5 Å². The van der Waals surface area contributed by atoms with Crippen molar-refractivity contribution in [2.75, 3.05) is 6.61 Å². The molecule has 4 aromatic rings. The van der Waals surface area contributed by atoms with Gasteiger partial charge in [-0.2, -0.15) is 10.2 Å². The standard InChI is InChI=1S/C19H22N8O3/c1-10-6-14(27(25-10)4-3-5-28)19-24-17(15(8-20)30-19)16-11-9-22-26(2)13(11)7-12(23-16)18(21)29/h6-7,9,28H,3-5,8,20H2,1-2H3,(H2,21,29). The summed E-state index contributed by atoms with van der Waals surface area (Å²) in [5.74, 6) is 0.0826. The molecule has 30 heavy (non-hydrogen) atoms. The lowest BCUT2D eigenvalue weighted by Crippen LogP contribution is -2.14. The first-order valence-corrected chi connectivity index (χ1v) is 9.41. The van der Waals surface area contributed by atoms with Gasteiger partial charge in [0.1, 0.15) is 28.5 Å². The van der Waals surface area contributed by atoms with E-state index in [1.165, 1.54) is 0 Å². The third-order valence-corrected chi connectivity index (χ3v) is 4.75. The molecule has 0 aromatic carbocycles. The molecular weight excluding hydrogens is 388 g/mol. The second-order valence-electron chi connectivity index (χ2n) is 6.89. The maximum Gasteiger partial charge on any atom is 0.267 e. The molecule has 156 valence electrons. The Kier molecular flexibility index (Phi) is 5.06. The monoisotopic (exact) mass is 410 g/mol. The van der Waals surface area contributed by atoms with Crippen LogP contribution in [0.4, 0.5) is 0 Å². The highest BCUT2D eigenvalue weighted by atomic mass is 16.4. The largest absolute Gasteiger partial charge is 0.438 e. The van der Waals surface area contributed by atoms with E-state index in [2.05, 4.69) is 20.2 Å². The first-order valence-electron chi connectivity index (χ1n) is 9.41. The smallest absolute Gasteiger partial charge is 0.267 e. The molecule has 4 rings (SSSR count). The van der Waals surface area contributed by atoms with Crippen molar-refractivity contribution in [3.8, 4) is 23.0 Å². The zero-order valence-corrected chi connectivity index (χ0v) is 16.7. The number of aryl methyl sites for hydroxylation is 3. The summed E-state index contributed by atoms with van der Waals surface area (Å²) in [6.07, 6.45) is 2.19. The molecule has 0 unspecified atom stereocenters. The van der Waals surface area contributed by atoms with Gasteiger partial charge in [-0.3, -0.25) is 14.2 Å². The lowest BCUT2D eigenvalue weighted by atomic mass is 10.1. The minimum Gasteiger partial charge on any atom is -0.438 e. The summed E-state index contributed by atoms with van der Waals surface area (Å²) >= 11 is 0. The number of aromatic nitrogens is 6. The van der Waals surface area contributed by atoms with Gasteiger partial charge < -0.3 is 21.0 Å². The normalized spacial score (nSPS) is 11.5. The van der Waals surface area contributed by atoms with E-state index in [1.54, 1.807) is 28.7 Å². The maximum atomic E-state index is 11.8. The molecule has 0 aliphatic heterocycles. The molecule has 0 bridgehead atoms. The molecule has 0 aliphatic carbocycles. The second-order valence-corrected chi connectivity index (χ2v) is 6.89. The Bertz CT molecular complexity index is 1240. The number of primary amides is 1. The highest BCUT2D eigenvalue weighted by molar-refractivity contribution is 5.99. The molecule has 11 nitrogen and oxygen atoms in total. The molecule has 1 amide bonds. The van der Waals surface area contributed by atoms with Crippen LogP contribution in [0.1, 0.15) is 28.4 Å². The average Bonchev–Trinajstić information content (AvgIpc) is 3.42. The van der Waals surface area contributed by atoms with Crippen molar-refractivity contribution in [2.45, 2.75) is 26.4 Å². The van der Waals surface area contributed by atoms with E-state index < -0.39 is 5.91 Å². The minimum absolute atomic E-state index is 0.0477. The van der Waals surface area contributed by atoms with E-state index in [0.29, 0.717) is 52.6 Å². The predicted octanol–water partition coefficient (Wildman–Crippen LogP) is 0.735. The molecular formula is C19H22N8O3. The van der Waals surface area contributed by atoms with Gasteiger partial charge in [0.25, 0.3) is 5.91 Å². The molecule has 0 radical (unpaired) electrons. The third-order valence-electron chi connectivity index (χ3n) is 4.75. The highest BCUT2D eigenvalue weighted by Gasteiger charge is 2.23. The Labute approximate surface area is 171 Å². The summed E-state index contributed by atoms with van der Waals surface area (Å²) in [6.45, 7) is 2.50. The number of aliphatic hydroxyl groups is 1. The van der Waals surface area contributed by atoms with E-state index >= 15 is 0 Å². The number of oxazole rings is 1. The van der Waals surface area contributed by atoms with Crippen LogP contribution in [0.2, 0.25) is 0 Å². The molecule has 0 fully saturated rings. The van der Waals surface area contributed by atoms with E-state index in [1.807, 2.05) is 13.0 Å². The number of aliphatic hydroxyl groups excluding tert-OH is 1. The SMILES string of the molecule is Cc1cc(-c2nc(-c3nc(C(N)=O)cc4c3cnn4C)c(CN)o2)n(CCCO)n1. The Balaban J connectivity index is 1.90. The molecule has 11 heteroatoms. The molecule has 5 N–H and O–H groups in total. The fraction of sp³-hybridized carbons (Fsp3) is 0.316. The highest BCUT2D eigenvalue weighted by Crippen LogP contribution is 2.33. The fourth-order valence-electron chi connectivity index (χ4n) is 3.34. The number of carbonyl (C=O) groups is 1. The van der Waals surface area contributed by atoms with E-state index in [9.17, 15) is 4.79 Å². The van der Waals surface area contributed by atoms with Gasteiger partial charge in [0.2, 0.25) is 5.89 Å². The van der Waals surface area contributed by atoms with Crippen molar-refractivity contribution < 1.29 is 14.3 Å². The van der Waals surface area contributed by atoms with Gasteiger partial charge in [-0.1, -0.05) is 0 Å². The van der Waals surface area contributed by atoms with E-state index in [-0.39, 0.29) is 18.8 Å². The van der Waals surface area contributed by atoms with Gasteiger partial charge in [0.05, 0.1) is 24.0 Å². The lowest BCUT2D eigenvalue weighted by Gasteiger charge is -2.04. The van der Waals surface area contributed by atoms with Gasteiger partial charge in [-0.15, -0.1) is 0 Å². The summed E-state index contributed by atoms with van der Waals surface area (Å²) in [6, 6.07) is 3.44. The number of pyridine rings is 1. The summed E-state index contributed by atoms with van der Waals surface area (Å²) < 4.78 is 9.31. The number of hydrogen-bond donors (Lipinski definition) is 3. The first-order chi connectivity index (χ1) is 14.4. The zero-order valence-electron chi connectivity index (χ0n) is 16.7. The summed E-state index contributed by atoms with van der Waals surface area (Å²) in [7, 11) is 1.76. The number of nitrogens with zero attached hydrogens (tertiary/aromatic N) is 6. The van der Waals surface area contributed by atoms with E-state index in [4.69, 9.17) is 21.0 Å². The van der Waals surface area contributed by atoms with Gasteiger partial charge in [-0.25, -0.2) is 9.97 Å². The fourth-order valence-corrected chi connectivity index (χ4v) is 3.34. The van der Waals surface area contributed by atoms with Crippen LogP contribution in [0, 0.1) is 6.92 Å². The van der Waals surface area contributed by atoms with Crippen LogP contribution < -0.4 is 11.5 Å². The third kappa shape index (κ3) is 3.33. The van der Waals surface area contributed by atoms with Crippen LogP contribution in [0.25, 0.3) is 33.9 Å². The van der Waals surface area contributed by atoms with Crippen molar-refractivity contribution in [1.29, 1.82) is 0 Å². The molecule has 4 heterocycles. The summed E-state index contributed by atoms with van der Waals surface area (Å²) in [5.41, 5.74) is 14.5. The van der Waals surface area contributed by atoms with Gasteiger partial charge >= 0.3 is 0 Å². The number of fused-ring (bicyclic) bond motifs is 1. The van der Waals surface area contributed by atoms with Crippen molar-refractivity contribution in [1.82, 2.24) is 29.5 Å². The molecule has 0 atom stereocenters. The summed E-state index contributed by atoms with van der Waals surface area (Å²) in [5, 5.41) is 18.5. The molecule has 4 aromatic heterocycles. The van der Waals surface area contributed by atoms with Crippen LogP contribution in [-0.4, -0.2) is 47.1 Å². The predicted molar refractivity (Wildman–Crippen MR) is 108 cm³/mol. The van der Waals surface area contributed by atoms with Crippen LogP contribution in [0.15, 0.2) is 22.7 Å². The zero-order chi connectivity index (χ0) is 21.4. The molecule has 0 spiro atoms. The number of carbonyl (C=O) groups excluding carboxylic acids is 1.